The Labute approximate surface area is 189 Å². The largest absolute Gasteiger partial charge is 0.475 e. The molecule has 0 aliphatic carbocycles. The Kier molecular flexibility index (Phi) is 6.51. The highest BCUT2D eigenvalue weighted by Gasteiger charge is 2.47. The van der Waals surface area contributed by atoms with Crippen LogP contribution in [0.15, 0.2) is 29.2 Å². The Balaban J connectivity index is 1.79. The Morgan fingerprint density at radius 3 is 2.79 bits per heavy atom. The summed E-state index contributed by atoms with van der Waals surface area (Å²) in [5, 5.41) is 0. The van der Waals surface area contributed by atoms with Crippen molar-refractivity contribution in [1.29, 1.82) is 0 Å². The molecular weight excluding hydrogens is 439 g/mol. The molecule has 2 atom stereocenters. The molecule has 1 fully saturated rings. The van der Waals surface area contributed by atoms with Crippen LogP contribution in [0, 0.1) is 0 Å². The molecule has 2 aromatic heterocycles. The summed E-state index contributed by atoms with van der Waals surface area (Å²) in [7, 11) is 0. The average molecular weight is 467 g/mol. The summed E-state index contributed by atoms with van der Waals surface area (Å²) in [6, 6.07) is 2.90. The van der Waals surface area contributed by atoms with Crippen molar-refractivity contribution >= 4 is 11.8 Å². The van der Waals surface area contributed by atoms with Gasteiger partial charge < -0.3 is 19.3 Å². The highest BCUT2D eigenvalue weighted by Crippen LogP contribution is 2.36. The monoisotopic (exact) mass is 467 g/mol. The number of alkyl halides is 3. The smallest absolute Gasteiger partial charge is 0.408 e. The number of halogens is 3. The molecule has 180 valence electrons. The van der Waals surface area contributed by atoms with Crippen molar-refractivity contribution in [3.8, 4) is 5.88 Å². The second kappa shape index (κ2) is 9.20. The van der Waals surface area contributed by atoms with Gasteiger partial charge in [0.2, 0.25) is 11.8 Å². The minimum absolute atomic E-state index is 0.00381. The molecule has 2 aliphatic rings. The van der Waals surface area contributed by atoms with E-state index in [1.165, 1.54) is 16.8 Å². The van der Waals surface area contributed by atoms with Gasteiger partial charge in [0.1, 0.15) is 11.9 Å². The third kappa shape index (κ3) is 4.92. The number of rotatable bonds is 5. The van der Waals surface area contributed by atoms with Gasteiger partial charge in [-0.2, -0.15) is 18.2 Å². The highest BCUT2D eigenvalue weighted by molar-refractivity contribution is 5.48. The zero-order valence-corrected chi connectivity index (χ0v) is 18.9. The highest BCUT2D eigenvalue weighted by atomic mass is 19.4. The fraction of sp³-hybridized carbons (Fsp3) is 0.591. The third-order valence-electron chi connectivity index (χ3n) is 5.81. The predicted molar refractivity (Wildman–Crippen MR) is 117 cm³/mol. The number of hydrogen-bond donors (Lipinski definition) is 0. The minimum Gasteiger partial charge on any atom is -0.475 e. The second-order valence-electron chi connectivity index (χ2n) is 8.63. The summed E-state index contributed by atoms with van der Waals surface area (Å²) in [5.41, 5.74) is 0.123. The Bertz CT molecular complexity index is 1040. The van der Waals surface area contributed by atoms with Crippen LogP contribution in [-0.4, -0.2) is 58.7 Å². The molecule has 0 spiro atoms. The van der Waals surface area contributed by atoms with E-state index in [-0.39, 0.29) is 49.0 Å². The van der Waals surface area contributed by atoms with Crippen molar-refractivity contribution in [2.75, 3.05) is 29.6 Å². The molecule has 0 radical (unpaired) electrons. The Morgan fingerprint density at radius 2 is 2.09 bits per heavy atom. The normalized spacial score (nSPS) is 21.3. The van der Waals surface area contributed by atoms with E-state index in [0.717, 1.165) is 4.90 Å². The maximum Gasteiger partial charge on any atom is 0.408 e. The molecule has 8 nitrogen and oxygen atoms in total. The molecule has 4 heterocycles. The van der Waals surface area contributed by atoms with E-state index in [4.69, 9.17) is 9.47 Å². The van der Waals surface area contributed by atoms with Crippen molar-refractivity contribution in [2.45, 2.75) is 64.6 Å². The van der Waals surface area contributed by atoms with Crippen LogP contribution in [0.1, 0.15) is 32.8 Å². The summed E-state index contributed by atoms with van der Waals surface area (Å²) < 4.78 is 54.7. The number of nitrogens with zero attached hydrogens (tertiary/aromatic N) is 5. The lowest BCUT2D eigenvalue weighted by Crippen LogP contribution is -2.52. The lowest BCUT2D eigenvalue weighted by Gasteiger charge is -2.40. The topological polar surface area (TPSA) is 72.7 Å². The first-order valence-electron chi connectivity index (χ1n) is 11.1. The van der Waals surface area contributed by atoms with E-state index in [9.17, 15) is 18.0 Å². The first-order valence-corrected chi connectivity index (χ1v) is 11.1. The van der Waals surface area contributed by atoms with Gasteiger partial charge in [-0.25, -0.2) is 4.98 Å². The molecule has 1 unspecified atom stereocenters. The molecule has 0 saturated carbocycles. The van der Waals surface area contributed by atoms with Crippen molar-refractivity contribution in [1.82, 2.24) is 14.5 Å². The molecule has 4 rings (SSSR count). The number of ether oxygens (including phenoxy) is 2. The SMILES string of the molecule is CC(C)Oc1ncccc1CN1c2nc(N3CCOC[C@H]3C)cc(=O)n2CCC1C(F)(F)F. The van der Waals surface area contributed by atoms with Crippen molar-refractivity contribution in [3.63, 3.8) is 0 Å². The molecular formula is C22H28F3N5O3. The van der Waals surface area contributed by atoms with Crippen LogP contribution in [-0.2, 0) is 17.8 Å². The number of morpholine rings is 1. The van der Waals surface area contributed by atoms with Crippen LogP contribution in [0.5, 0.6) is 5.88 Å². The molecule has 33 heavy (non-hydrogen) atoms. The standard InChI is InChI=1S/C22H28F3N5O3/c1-14(2)33-20-16(5-4-7-26-20)12-30-17(22(23,24)25)6-8-29-19(31)11-18(27-21(29)30)28-9-10-32-13-15(28)3/h4-5,7,11,14-15,17H,6,8-10,12-13H2,1-3H3/t15-,17?/m1/s1. The number of anilines is 2. The maximum atomic E-state index is 14.1. The van der Waals surface area contributed by atoms with Gasteiger partial charge in [-0.1, -0.05) is 6.07 Å². The second-order valence-corrected chi connectivity index (χ2v) is 8.63. The maximum absolute atomic E-state index is 14.1. The van der Waals surface area contributed by atoms with E-state index in [2.05, 4.69) is 9.97 Å². The summed E-state index contributed by atoms with van der Waals surface area (Å²) >= 11 is 0. The third-order valence-corrected chi connectivity index (χ3v) is 5.81. The molecule has 11 heteroatoms. The van der Waals surface area contributed by atoms with Crippen LogP contribution in [0.3, 0.4) is 0 Å². The lowest BCUT2D eigenvalue weighted by molar-refractivity contribution is -0.153. The van der Waals surface area contributed by atoms with Crippen molar-refractivity contribution in [2.24, 2.45) is 0 Å². The van der Waals surface area contributed by atoms with Crippen molar-refractivity contribution < 1.29 is 22.6 Å². The quantitative estimate of drug-likeness (QED) is 0.670. The van der Waals surface area contributed by atoms with Crippen LogP contribution in [0.25, 0.3) is 0 Å². The lowest BCUT2D eigenvalue weighted by atomic mass is 10.1. The van der Waals surface area contributed by atoms with Gasteiger partial charge in [-0.3, -0.25) is 9.36 Å². The van der Waals surface area contributed by atoms with Gasteiger partial charge in [-0.05, 0) is 33.3 Å². The summed E-state index contributed by atoms with van der Waals surface area (Å²) in [6.45, 7) is 6.81. The van der Waals surface area contributed by atoms with Crippen molar-refractivity contribution in [3.05, 3.63) is 40.3 Å². The van der Waals surface area contributed by atoms with E-state index >= 15 is 0 Å². The fourth-order valence-corrected chi connectivity index (χ4v) is 4.25. The molecule has 1 saturated heterocycles. The molecule has 0 N–H and O–H groups in total. The number of hydrogen-bond acceptors (Lipinski definition) is 7. The number of fused-ring (bicyclic) bond motifs is 1. The van der Waals surface area contributed by atoms with Crippen LogP contribution < -0.4 is 20.1 Å². The van der Waals surface area contributed by atoms with Gasteiger partial charge >= 0.3 is 6.18 Å². The van der Waals surface area contributed by atoms with Gasteiger partial charge in [0, 0.05) is 30.9 Å². The zero-order chi connectivity index (χ0) is 23.8. The molecule has 0 aromatic carbocycles. The molecule has 2 aromatic rings. The summed E-state index contributed by atoms with van der Waals surface area (Å²) in [4.78, 5) is 24.8. The van der Waals surface area contributed by atoms with Crippen LogP contribution >= 0.6 is 0 Å². The van der Waals surface area contributed by atoms with E-state index in [1.807, 2.05) is 25.7 Å². The van der Waals surface area contributed by atoms with Gasteiger partial charge in [0.05, 0.1) is 31.9 Å². The van der Waals surface area contributed by atoms with E-state index in [1.54, 1.807) is 12.1 Å². The summed E-state index contributed by atoms with van der Waals surface area (Å²) in [6.07, 6.45) is -3.40. The first-order chi connectivity index (χ1) is 15.6. The molecule has 2 aliphatic heterocycles. The van der Waals surface area contributed by atoms with Crippen LogP contribution in [0.2, 0.25) is 0 Å². The minimum atomic E-state index is -4.49. The fourth-order valence-electron chi connectivity index (χ4n) is 4.25. The average Bonchev–Trinajstić information content (AvgIpc) is 2.74. The van der Waals surface area contributed by atoms with E-state index < -0.39 is 12.2 Å². The van der Waals surface area contributed by atoms with E-state index in [0.29, 0.717) is 31.1 Å². The first kappa shape index (κ1) is 23.3. The number of aromatic nitrogens is 3. The summed E-state index contributed by atoms with van der Waals surface area (Å²) in [5.74, 6) is 0.634. The molecule has 0 bridgehead atoms. The zero-order valence-electron chi connectivity index (χ0n) is 18.9. The number of pyridine rings is 1. The van der Waals surface area contributed by atoms with Gasteiger partial charge in [0.25, 0.3) is 5.56 Å². The Morgan fingerprint density at radius 1 is 1.30 bits per heavy atom. The Hall–Kier alpha value is -2.82. The predicted octanol–water partition coefficient (Wildman–Crippen LogP) is 2.99. The molecule has 0 amide bonds. The van der Waals surface area contributed by atoms with Gasteiger partial charge in [0.15, 0.2) is 0 Å². The van der Waals surface area contributed by atoms with Gasteiger partial charge in [-0.15, -0.1) is 0 Å². The van der Waals surface area contributed by atoms with Crippen LogP contribution in [0.4, 0.5) is 24.9 Å².